The summed E-state index contributed by atoms with van der Waals surface area (Å²) in [6.07, 6.45) is 6.66. The predicted octanol–water partition coefficient (Wildman–Crippen LogP) is 1.95. The Labute approximate surface area is 161 Å². The van der Waals surface area contributed by atoms with E-state index < -0.39 is 5.54 Å². The van der Waals surface area contributed by atoms with Gasteiger partial charge in [-0.05, 0) is 63.9 Å². The lowest BCUT2D eigenvalue weighted by molar-refractivity contribution is -0.124. The van der Waals surface area contributed by atoms with Crippen LogP contribution in [0.15, 0.2) is 6.20 Å². The van der Waals surface area contributed by atoms with Crippen molar-refractivity contribution in [3.8, 4) is 0 Å². The molecule has 1 unspecified atom stereocenters. The molecule has 0 radical (unpaired) electrons. The zero-order valence-electron chi connectivity index (χ0n) is 16.9. The van der Waals surface area contributed by atoms with Gasteiger partial charge in [-0.1, -0.05) is 0 Å². The van der Waals surface area contributed by atoms with Crippen LogP contribution in [-0.4, -0.2) is 46.4 Å². The Balaban J connectivity index is 1.51. The van der Waals surface area contributed by atoms with E-state index in [1.165, 1.54) is 0 Å². The summed E-state index contributed by atoms with van der Waals surface area (Å²) >= 11 is 0. The smallest absolute Gasteiger partial charge is 0.270 e. The minimum absolute atomic E-state index is 0.0628. The van der Waals surface area contributed by atoms with Gasteiger partial charge in [0, 0.05) is 26.6 Å². The molecule has 0 aromatic carbocycles. The number of ether oxygens (including phenoxy) is 1. The van der Waals surface area contributed by atoms with E-state index in [2.05, 4.69) is 15.7 Å². The minimum atomic E-state index is -0.434. The van der Waals surface area contributed by atoms with Crippen LogP contribution in [0.3, 0.4) is 0 Å². The molecule has 0 spiro atoms. The minimum Gasteiger partial charge on any atom is -0.378 e. The number of carbonyl (C=O) groups is 2. The summed E-state index contributed by atoms with van der Waals surface area (Å²) < 4.78 is 7.15. The van der Waals surface area contributed by atoms with E-state index in [4.69, 9.17) is 4.74 Å². The van der Waals surface area contributed by atoms with Gasteiger partial charge < -0.3 is 15.4 Å². The maximum atomic E-state index is 12.8. The van der Waals surface area contributed by atoms with Crippen LogP contribution < -0.4 is 10.6 Å². The molecule has 2 fully saturated rings. The second-order valence-electron chi connectivity index (χ2n) is 8.34. The second kappa shape index (κ2) is 8.00. The van der Waals surface area contributed by atoms with Crippen LogP contribution in [0.5, 0.6) is 0 Å². The summed E-state index contributed by atoms with van der Waals surface area (Å²) in [6, 6.07) is 0. The third kappa shape index (κ3) is 4.69. The Bertz CT molecular complexity index is 672. The first-order chi connectivity index (χ1) is 12.8. The summed E-state index contributed by atoms with van der Waals surface area (Å²) in [5, 5.41) is 10.4. The Morgan fingerprint density at radius 2 is 2.07 bits per heavy atom. The quantitative estimate of drug-likeness (QED) is 0.690. The number of aromatic nitrogens is 2. The molecule has 7 nitrogen and oxygen atoms in total. The van der Waals surface area contributed by atoms with Gasteiger partial charge in [-0.2, -0.15) is 5.10 Å². The number of hydrogen-bond acceptors (Lipinski definition) is 4. The number of amides is 2. The van der Waals surface area contributed by atoms with Crippen molar-refractivity contribution in [2.45, 2.75) is 64.5 Å². The van der Waals surface area contributed by atoms with Crippen LogP contribution in [0.4, 0.5) is 0 Å². The molecule has 1 heterocycles. The van der Waals surface area contributed by atoms with E-state index in [-0.39, 0.29) is 11.8 Å². The normalized spacial score (nSPS) is 24.0. The van der Waals surface area contributed by atoms with E-state index in [1.807, 2.05) is 20.8 Å². The maximum Gasteiger partial charge on any atom is 0.270 e. The molecule has 2 aliphatic rings. The highest BCUT2D eigenvalue weighted by molar-refractivity contribution is 5.94. The zero-order chi connectivity index (χ0) is 19.6. The van der Waals surface area contributed by atoms with Crippen molar-refractivity contribution in [1.82, 2.24) is 20.4 Å². The van der Waals surface area contributed by atoms with Gasteiger partial charge in [0.1, 0.15) is 5.69 Å². The van der Waals surface area contributed by atoms with Gasteiger partial charge >= 0.3 is 0 Å². The second-order valence-corrected chi connectivity index (χ2v) is 8.34. The average molecular weight is 377 g/mol. The van der Waals surface area contributed by atoms with Crippen molar-refractivity contribution in [1.29, 1.82) is 0 Å². The Kier molecular flexibility index (Phi) is 5.89. The van der Waals surface area contributed by atoms with Crippen molar-refractivity contribution in [3.05, 3.63) is 17.5 Å². The van der Waals surface area contributed by atoms with Crippen molar-refractivity contribution < 1.29 is 14.3 Å². The van der Waals surface area contributed by atoms with E-state index in [0.717, 1.165) is 37.9 Å². The van der Waals surface area contributed by atoms with E-state index in [0.29, 0.717) is 36.6 Å². The molecule has 27 heavy (non-hydrogen) atoms. The predicted molar refractivity (Wildman–Crippen MR) is 102 cm³/mol. The standard InChI is InChI=1S/C20H32N4O3/c1-5-27-16-8-14(9-16)10-17(25)21-12-20(3,15-6-7-15)23-19(26)18-13(2)11-22-24(18)4/h11,14-16H,5-10,12H2,1-4H3,(H,21,25)(H,23,26). The molecular weight excluding hydrogens is 344 g/mol. The molecule has 0 aliphatic heterocycles. The number of hydrogen-bond donors (Lipinski definition) is 2. The fourth-order valence-electron chi connectivity index (χ4n) is 4.03. The van der Waals surface area contributed by atoms with Gasteiger partial charge in [0.15, 0.2) is 0 Å². The molecule has 2 aliphatic carbocycles. The molecule has 2 amide bonds. The van der Waals surface area contributed by atoms with Gasteiger partial charge in [0.05, 0.1) is 17.8 Å². The molecular formula is C20H32N4O3. The van der Waals surface area contributed by atoms with Crippen LogP contribution in [0, 0.1) is 18.8 Å². The Morgan fingerprint density at radius 1 is 1.37 bits per heavy atom. The van der Waals surface area contributed by atoms with Crippen molar-refractivity contribution >= 4 is 11.8 Å². The highest BCUT2D eigenvalue weighted by Crippen LogP contribution is 2.39. The highest BCUT2D eigenvalue weighted by atomic mass is 16.5. The average Bonchev–Trinajstić information content (AvgIpc) is 3.37. The number of rotatable bonds is 9. The summed E-state index contributed by atoms with van der Waals surface area (Å²) in [5.74, 6) is 0.754. The third-order valence-corrected chi connectivity index (χ3v) is 5.94. The molecule has 0 bridgehead atoms. The lowest BCUT2D eigenvalue weighted by atomic mass is 9.80. The molecule has 3 rings (SSSR count). The zero-order valence-corrected chi connectivity index (χ0v) is 16.9. The fraction of sp³-hybridized carbons (Fsp3) is 0.750. The molecule has 1 aromatic rings. The first-order valence-corrected chi connectivity index (χ1v) is 10.0. The Hall–Kier alpha value is -1.89. The molecule has 2 saturated carbocycles. The number of nitrogens with one attached hydrogen (secondary N) is 2. The van der Waals surface area contributed by atoms with Crippen LogP contribution in [-0.2, 0) is 16.6 Å². The lowest BCUT2D eigenvalue weighted by Gasteiger charge is -2.35. The summed E-state index contributed by atoms with van der Waals surface area (Å²) in [4.78, 5) is 25.1. The van der Waals surface area contributed by atoms with Crippen LogP contribution in [0.1, 0.15) is 62.0 Å². The topological polar surface area (TPSA) is 85.2 Å². The Morgan fingerprint density at radius 3 is 2.63 bits per heavy atom. The first-order valence-electron chi connectivity index (χ1n) is 10.0. The molecule has 2 N–H and O–H groups in total. The monoisotopic (exact) mass is 376 g/mol. The summed E-state index contributed by atoms with van der Waals surface area (Å²) in [7, 11) is 1.77. The van der Waals surface area contributed by atoms with Crippen LogP contribution >= 0.6 is 0 Å². The van der Waals surface area contributed by atoms with E-state index >= 15 is 0 Å². The van der Waals surface area contributed by atoms with E-state index in [9.17, 15) is 9.59 Å². The largest absolute Gasteiger partial charge is 0.378 e. The van der Waals surface area contributed by atoms with E-state index in [1.54, 1.807) is 17.9 Å². The van der Waals surface area contributed by atoms with Crippen molar-refractivity contribution in [3.63, 3.8) is 0 Å². The van der Waals surface area contributed by atoms with Gasteiger partial charge in [0.25, 0.3) is 5.91 Å². The SMILES string of the molecule is CCOC1CC(CC(=O)NCC(C)(NC(=O)c2c(C)cnn2C)C2CC2)C1. The summed E-state index contributed by atoms with van der Waals surface area (Å²) in [6.45, 7) is 7.11. The van der Waals surface area contributed by atoms with Gasteiger partial charge in [-0.25, -0.2) is 0 Å². The number of aryl methyl sites for hydroxylation is 2. The van der Waals surface area contributed by atoms with Crippen molar-refractivity contribution in [2.24, 2.45) is 18.9 Å². The molecule has 0 saturated heterocycles. The number of nitrogens with zero attached hydrogens (tertiary/aromatic N) is 2. The van der Waals surface area contributed by atoms with Gasteiger partial charge in [-0.3, -0.25) is 14.3 Å². The maximum absolute atomic E-state index is 12.8. The fourth-order valence-corrected chi connectivity index (χ4v) is 4.03. The van der Waals surface area contributed by atoms with Crippen LogP contribution in [0.25, 0.3) is 0 Å². The lowest BCUT2D eigenvalue weighted by Crippen LogP contribution is -2.55. The van der Waals surface area contributed by atoms with Gasteiger partial charge in [0.2, 0.25) is 5.91 Å². The van der Waals surface area contributed by atoms with Crippen LogP contribution in [0.2, 0.25) is 0 Å². The number of carbonyl (C=O) groups excluding carboxylic acids is 2. The molecule has 7 heteroatoms. The van der Waals surface area contributed by atoms with Gasteiger partial charge in [-0.15, -0.1) is 0 Å². The summed E-state index contributed by atoms with van der Waals surface area (Å²) in [5.41, 5.74) is 0.993. The molecule has 1 aromatic heterocycles. The molecule has 1 atom stereocenters. The van der Waals surface area contributed by atoms with Crippen molar-refractivity contribution in [2.75, 3.05) is 13.2 Å². The first kappa shape index (κ1) is 19.9. The third-order valence-electron chi connectivity index (χ3n) is 5.94. The highest BCUT2D eigenvalue weighted by Gasteiger charge is 2.43. The molecule has 150 valence electrons.